The second-order valence-electron chi connectivity index (χ2n) is 10.2. The lowest BCUT2D eigenvalue weighted by molar-refractivity contribution is -0.137. The zero-order chi connectivity index (χ0) is 28.8. The molecule has 2 aromatic carbocycles. The number of halogens is 1. The van der Waals surface area contributed by atoms with Gasteiger partial charge in [-0.3, -0.25) is 4.79 Å². The van der Waals surface area contributed by atoms with Crippen LogP contribution < -0.4 is 0 Å². The van der Waals surface area contributed by atoms with Gasteiger partial charge >= 0.3 is 12.1 Å². The van der Waals surface area contributed by atoms with Crippen molar-refractivity contribution in [3.63, 3.8) is 0 Å². The Morgan fingerprint density at radius 3 is 2.20 bits per heavy atom. The van der Waals surface area contributed by atoms with Crippen LogP contribution in [0.15, 0.2) is 72.8 Å². The molecule has 3 heterocycles. The highest BCUT2D eigenvalue weighted by Gasteiger charge is 2.50. The van der Waals surface area contributed by atoms with Gasteiger partial charge in [-0.25, -0.2) is 13.2 Å². The van der Waals surface area contributed by atoms with Crippen molar-refractivity contribution in [3.8, 4) is 20.9 Å². The Morgan fingerprint density at radius 2 is 1.56 bits per heavy atom. The van der Waals surface area contributed by atoms with Crippen molar-refractivity contribution in [2.45, 2.75) is 23.5 Å². The number of amides is 1. The van der Waals surface area contributed by atoms with Gasteiger partial charge in [0.1, 0.15) is 11.4 Å². The maximum atomic E-state index is 13.8. The Morgan fingerprint density at radius 1 is 0.927 bits per heavy atom. The molecule has 1 aliphatic heterocycles. The summed E-state index contributed by atoms with van der Waals surface area (Å²) in [4.78, 5) is 28.8. The van der Waals surface area contributed by atoms with E-state index >= 15 is 0 Å². The van der Waals surface area contributed by atoms with Gasteiger partial charge in [-0.1, -0.05) is 60.1 Å². The van der Waals surface area contributed by atoms with E-state index in [0.29, 0.717) is 9.21 Å². The molecule has 1 atom stereocenters. The van der Waals surface area contributed by atoms with Crippen molar-refractivity contribution in [3.05, 3.63) is 93.1 Å². The molecule has 0 radical (unpaired) electrons. The number of aliphatic carboxylic acids is 1. The van der Waals surface area contributed by atoms with E-state index in [1.807, 2.05) is 42.5 Å². The first-order valence-corrected chi connectivity index (χ1v) is 16.7. The Hall–Kier alpha value is -3.18. The number of fused-ring (bicyclic) bond motifs is 3. The van der Waals surface area contributed by atoms with Crippen LogP contribution in [0.4, 0.5) is 4.79 Å². The molecular formula is C30H26ClNO6S3. The third kappa shape index (κ3) is 5.07. The average Bonchev–Trinajstić information content (AvgIpc) is 3.66. The highest BCUT2D eigenvalue weighted by Crippen LogP contribution is 2.47. The van der Waals surface area contributed by atoms with Crippen LogP contribution >= 0.6 is 34.3 Å². The molecule has 1 unspecified atom stereocenters. The Labute approximate surface area is 250 Å². The van der Waals surface area contributed by atoms with Gasteiger partial charge in [0.2, 0.25) is 0 Å². The number of ether oxygens (including phenoxy) is 1. The molecule has 212 valence electrons. The zero-order valence-corrected chi connectivity index (χ0v) is 25.0. The summed E-state index contributed by atoms with van der Waals surface area (Å²) in [5.41, 5.74) is 4.40. The summed E-state index contributed by atoms with van der Waals surface area (Å²) in [6.45, 7) is 0.106. The summed E-state index contributed by atoms with van der Waals surface area (Å²) >= 11 is 8.72. The predicted octanol–water partition coefficient (Wildman–Crippen LogP) is 6.87. The van der Waals surface area contributed by atoms with Crippen LogP contribution in [0, 0.1) is 0 Å². The lowest BCUT2D eigenvalue weighted by Gasteiger charge is -2.29. The number of carboxylic acid groups (broad SMARTS) is 1. The largest absolute Gasteiger partial charge is 0.481 e. The van der Waals surface area contributed by atoms with E-state index in [1.165, 1.54) is 27.6 Å². The highest BCUT2D eigenvalue weighted by atomic mass is 35.5. The third-order valence-corrected chi connectivity index (χ3v) is 13.2. The summed E-state index contributed by atoms with van der Waals surface area (Å²) < 4.78 is 32.3. The van der Waals surface area contributed by atoms with E-state index in [1.54, 1.807) is 18.2 Å². The summed E-state index contributed by atoms with van der Waals surface area (Å²) in [6, 6.07) is 23.2. The van der Waals surface area contributed by atoms with Crippen LogP contribution in [0.3, 0.4) is 0 Å². The number of hydrogen-bond acceptors (Lipinski definition) is 7. The first-order valence-electron chi connectivity index (χ1n) is 13.1. The topological polar surface area (TPSA) is 101 Å². The van der Waals surface area contributed by atoms with E-state index in [0.717, 1.165) is 32.0 Å². The Balaban J connectivity index is 1.23. The molecule has 4 aromatic rings. The second kappa shape index (κ2) is 10.9. The molecule has 0 bridgehead atoms. The van der Waals surface area contributed by atoms with Crippen LogP contribution in [0.2, 0.25) is 4.34 Å². The average molecular weight is 628 g/mol. The Bertz CT molecular complexity index is 1700. The fraction of sp³-hybridized carbons (Fsp3) is 0.267. The number of benzene rings is 2. The van der Waals surface area contributed by atoms with Crippen molar-refractivity contribution in [2.75, 3.05) is 25.4 Å². The van der Waals surface area contributed by atoms with Crippen molar-refractivity contribution in [1.29, 1.82) is 0 Å². The Kier molecular flexibility index (Phi) is 7.44. The maximum Gasteiger partial charge on any atom is 0.409 e. The van der Waals surface area contributed by atoms with E-state index < -0.39 is 33.1 Å². The number of nitrogens with zero attached hydrogens (tertiary/aromatic N) is 1. The van der Waals surface area contributed by atoms with Crippen molar-refractivity contribution >= 4 is 56.2 Å². The normalized spacial score (nSPS) is 19.8. The number of carbonyl (C=O) groups excluding carboxylic acids is 1. The first kappa shape index (κ1) is 28.0. The first-order chi connectivity index (χ1) is 19.7. The molecule has 2 aromatic heterocycles. The second-order valence-corrected chi connectivity index (χ2v) is 15.4. The standard InChI is InChI=1S/C30H26ClNO6S3/c31-27-12-10-25(40-27)24-9-11-26(39-24)30(17-28(33)34)13-14-32(15-16-41(30,36)37)29(35)38-18-23-21-7-3-1-5-19(21)20-6-2-4-8-22(20)23/h1-12,23H,13-18H2,(H,33,34). The van der Waals surface area contributed by atoms with Crippen LogP contribution in [-0.2, 0) is 24.1 Å². The molecule has 0 saturated carbocycles. The molecule has 2 aliphatic rings. The van der Waals surface area contributed by atoms with Crippen LogP contribution in [0.1, 0.15) is 34.8 Å². The number of carboxylic acids is 1. The fourth-order valence-electron chi connectivity index (χ4n) is 5.84. The van der Waals surface area contributed by atoms with Crippen LogP contribution in [0.5, 0.6) is 0 Å². The van der Waals surface area contributed by atoms with E-state index in [9.17, 15) is 23.1 Å². The molecule has 0 spiro atoms. The van der Waals surface area contributed by atoms with Gasteiger partial charge in [-0.2, -0.15) is 0 Å². The maximum absolute atomic E-state index is 13.8. The molecular weight excluding hydrogens is 602 g/mol. The quantitative estimate of drug-likeness (QED) is 0.250. The number of hydrogen-bond donors (Lipinski definition) is 1. The molecule has 6 rings (SSSR count). The molecule has 7 nitrogen and oxygen atoms in total. The van der Waals surface area contributed by atoms with Gasteiger partial charge in [-0.15, -0.1) is 22.7 Å². The number of rotatable bonds is 6. The van der Waals surface area contributed by atoms with Crippen LogP contribution in [-0.4, -0.2) is 55.9 Å². The lowest BCUT2D eigenvalue weighted by atomic mass is 9.97. The number of carbonyl (C=O) groups is 2. The lowest BCUT2D eigenvalue weighted by Crippen LogP contribution is -2.39. The highest BCUT2D eigenvalue weighted by molar-refractivity contribution is 7.92. The molecule has 1 N–H and O–H groups in total. The number of thiophene rings is 2. The van der Waals surface area contributed by atoms with Crippen molar-refractivity contribution in [1.82, 2.24) is 4.90 Å². The monoisotopic (exact) mass is 627 g/mol. The van der Waals surface area contributed by atoms with Crippen molar-refractivity contribution < 1.29 is 27.9 Å². The molecule has 41 heavy (non-hydrogen) atoms. The summed E-state index contributed by atoms with van der Waals surface area (Å²) in [6.07, 6.45) is -1.23. The van der Waals surface area contributed by atoms with E-state index in [4.69, 9.17) is 16.3 Å². The predicted molar refractivity (Wildman–Crippen MR) is 162 cm³/mol. The SMILES string of the molecule is O=C(O)CC1(c2ccc(-c3ccc(Cl)s3)s2)CCN(C(=O)OCC2c3ccccc3-c3ccccc32)CCS1(=O)=O. The molecule has 1 saturated heterocycles. The minimum atomic E-state index is -3.95. The summed E-state index contributed by atoms with van der Waals surface area (Å²) in [5.74, 6) is -1.69. The van der Waals surface area contributed by atoms with Gasteiger partial charge in [-0.05, 0) is 52.9 Å². The van der Waals surface area contributed by atoms with Crippen LogP contribution in [0.25, 0.3) is 20.9 Å². The van der Waals surface area contributed by atoms with Gasteiger partial charge in [0.15, 0.2) is 9.84 Å². The molecule has 1 aliphatic carbocycles. The number of sulfone groups is 1. The minimum absolute atomic E-state index is 0.0447. The van der Waals surface area contributed by atoms with E-state index in [2.05, 4.69) is 12.1 Å². The summed E-state index contributed by atoms with van der Waals surface area (Å²) in [7, 11) is -3.95. The van der Waals surface area contributed by atoms with Gasteiger partial charge in [0.25, 0.3) is 0 Å². The fourth-order valence-corrected chi connectivity index (χ4v) is 10.6. The summed E-state index contributed by atoms with van der Waals surface area (Å²) in [5, 5.41) is 9.80. The molecule has 1 amide bonds. The molecule has 11 heteroatoms. The van der Waals surface area contributed by atoms with Gasteiger partial charge in [0.05, 0.1) is 16.5 Å². The van der Waals surface area contributed by atoms with E-state index in [-0.39, 0.29) is 37.8 Å². The molecule has 1 fully saturated rings. The third-order valence-electron chi connectivity index (χ3n) is 7.91. The smallest absolute Gasteiger partial charge is 0.409 e. The van der Waals surface area contributed by atoms with Crippen molar-refractivity contribution in [2.24, 2.45) is 0 Å². The minimum Gasteiger partial charge on any atom is -0.481 e. The van der Waals surface area contributed by atoms with Gasteiger partial charge in [0, 0.05) is 33.6 Å². The zero-order valence-electron chi connectivity index (χ0n) is 21.8. The van der Waals surface area contributed by atoms with Gasteiger partial charge < -0.3 is 14.7 Å².